The lowest BCUT2D eigenvalue weighted by molar-refractivity contribution is 0.0973. The van der Waals surface area contributed by atoms with Crippen LogP contribution in [0.1, 0.15) is 45.4 Å². The molecule has 0 aromatic rings. The monoisotopic (exact) mass is 229 g/mol. The van der Waals surface area contributed by atoms with Crippen LogP contribution in [0, 0.1) is 0 Å². The summed E-state index contributed by atoms with van der Waals surface area (Å²) in [6, 6.07) is 0. The number of hydrogen-bond donors (Lipinski definition) is 1. The predicted molar refractivity (Wildman–Crippen MR) is 66.6 cm³/mol. The molecule has 1 unspecified atom stereocenters. The quantitative estimate of drug-likeness (QED) is 0.657. The van der Waals surface area contributed by atoms with Crippen LogP contribution in [-0.2, 0) is 4.74 Å². The Morgan fingerprint density at radius 1 is 1.25 bits per heavy atom. The first kappa shape index (κ1) is 13.9. The molecule has 0 saturated carbocycles. The molecular weight excluding hydrogens is 202 g/mol. The highest BCUT2D eigenvalue weighted by Crippen LogP contribution is 2.16. The summed E-state index contributed by atoms with van der Waals surface area (Å²) in [6.07, 6.45) is 7.86. The lowest BCUT2D eigenvalue weighted by Crippen LogP contribution is -2.29. The Morgan fingerprint density at radius 2 is 2.06 bits per heavy atom. The first-order chi connectivity index (χ1) is 7.86. The number of aliphatic hydroxyl groups excluding tert-OH is 1. The minimum Gasteiger partial charge on any atom is -0.395 e. The summed E-state index contributed by atoms with van der Waals surface area (Å²) in [6.45, 7) is 6.52. The van der Waals surface area contributed by atoms with Crippen molar-refractivity contribution in [2.24, 2.45) is 0 Å². The van der Waals surface area contributed by atoms with Gasteiger partial charge in [0.2, 0.25) is 0 Å². The average Bonchev–Trinajstić information content (AvgIpc) is 2.79. The highest BCUT2D eigenvalue weighted by Gasteiger charge is 2.15. The Kier molecular flexibility index (Phi) is 7.81. The van der Waals surface area contributed by atoms with E-state index in [1.54, 1.807) is 0 Å². The minimum atomic E-state index is 0.281. The van der Waals surface area contributed by atoms with E-state index in [0.717, 1.165) is 26.2 Å². The van der Waals surface area contributed by atoms with Gasteiger partial charge in [0, 0.05) is 13.2 Å². The first-order valence-corrected chi connectivity index (χ1v) is 6.81. The molecule has 1 aliphatic rings. The van der Waals surface area contributed by atoms with E-state index in [9.17, 15) is 0 Å². The molecule has 1 saturated heterocycles. The van der Waals surface area contributed by atoms with Gasteiger partial charge in [-0.05, 0) is 45.2 Å². The summed E-state index contributed by atoms with van der Waals surface area (Å²) in [5, 5.41) is 8.98. The fourth-order valence-corrected chi connectivity index (χ4v) is 2.27. The largest absolute Gasteiger partial charge is 0.395 e. The van der Waals surface area contributed by atoms with Crippen LogP contribution in [-0.4, -0.2) is 49.0 Å². The van der Waals surface area contributed by atoms with Crippen LogP contribution in [0.25, 0.3) is 0 Å². The van der Waals surface area contributed by atoms with Crippen LogP contribution in [0.3, 0.4) is 0 Å². The summed E-state index contributed by atoms with van der Waals surface area (Å²) < 4.78 is 5.61. The summed E-state index contributed by atoms with van der Waals surface area (Å²) >= 11 is 0. The summed E-state index contributed by atoms with van der Waals surface area (Å²) in [7, 11) is 0. The molecule has 3 heteroatoms. The maximum atomic E-state index is 8.98. The Morgan fingerprint density at radius 3 is 2.69 bits per heavy atom. The molecule has 1 N–H and O–H groups in total. The van der Waals surface area contributed by atoms with E-state index in [1.165, 1.54) is 38.5 Å². The molecular formula is C13H27NO2. The molecule has 3 nitrogen and oxygen atoms in total. The molecule has 16 heavy (non-hydrogen) atoms. The van der Waals surface area contributed by atoms with E-state index in [1.807, 2.05) is 0 Å². The molecule has 0 aromatic heterocycles. The summed E-state index contributed by atoms with van der Waals surface area (Å²) in [5.41, 5.74) is 0. The van der Waals surface area contributed by atoms with Crippen LogP contribution in [0.5, 0.6) is 0 Å². The molecule has 0 bridgehead atoms. The van der Waals surface area contributed by atoms with E-state index < -0.39 is 0 Å². The van der Waals surface area contributed by atoms with Gasteiger partial charge in [0.15, 0.2) is 0 Å². The maximum Gasteiger partial charge on any atom is 0.0576 e. The summed E-state index contributed by atoms with van der Waals surface area (Å²) in [4.78, 5) is 2.37. The normalized spacial score (nSPS) is 20.8. The Bertz CT molecular complexity index is 158. The van der Waals surface area contributed by atoms with E-state index >= 15 is 0 Å². The lowest BCUT2D eigenvalue weighted by atomic mass is 10.1. The fourth-order valence-electron chi connectivity index (χ4n) is 2.27. The molecule has 1 rings (SSSR count). The molecule has 0 amide bonds. The van der Waals surface area contributed by atoms with Gasteiger partial charge in [0.05, 0.1) is 12.7 Å². The van der Waals surface area contributed by atoms with E-state index in [4.69, 9.17) is 9.84 Å². The third-order valence-corrected chi connectivity index (χ3v) is 3.27. The van der Waals surface area contributed by atoms with Crippen molar-refractivity contribution in [3.05, 3.63) is 0 Å². The smallest absolute Gasteiger partial charge is 0.0576 e. The zero-order valence-corrected chi connectivity index (χ0v) is 10.7. The Labute approximate surface area is 99.8 Å². The van der Waals surface area contributed by atoms with Crippen molar-refractivity contribution < 1.29 is 9.84 Å². The number of aliphatic hydroxyl groups is 1. The van der Waals surface area contributed by atoms with Crippen molar-refractivity contribution in [2.75, 3.05) is 32.8 Å². The lowest BCUT2D eigenvalue weighted by Gasteiger charge is -2.21. The van der Waals surface area contributed by atoms with Gasteiger partial charge in [-0.25, -0.2) is 0 Å². The zero-order valence-electron chi connectivity index (χ0n) is 10.7. The SMILES string of the molecule is CCCCN(CCO)CCCC1CCCO1. The molecule has 96 valence electrons. The van der Waals surface area contributed by atoms with Crippen LogP contribution in [0.2, 0.25) is 0 Å². The van der Waals surface area contributed by atoms with Crippen molar-refractivity contribution in [3.63, 3.8) is 0 Å². The number of rotatable bonds is 9. The van der Waals surface area contributed by atoms with Crippen LogP contribution < -0.4 is 0 Å². The molecule has 0 aromatic carbocycles. The van der Waals surface area contributed by atoms with E-state index in [2.05, 4.69) is 11.8 Å². The number of nitrogens with zero attached hydrogens (tertiary/aromatic N) is 1. The van der Waals surface area contributed by atoms with Crippen molar-refractivity contribution >= 4 is 0 Å². The van der Waals surface area contributed by atoms with Gasteiger partial charge in [-0.2, -0.15) is 0 Å². The van der Waals surface area contributed by atoms with Crippen LogP contribution >= 0.6 is 0 Å². The molecule has 0 spiro atoms. The maximum absolute atomic E-state index is 8.98. The second-order valence-corrected chi connectivity index (χ2v) is 4.70. The van der Waals surface area contributed by atoms with Gasteiger partial charge in [0.25, 0.3) is 0 Å². The highest BCUT2D eigenvalue weighted by atomic mass is 16.5. The molecule has 1 aliphatic heterocycles. The van der Waals surface area contributed by atoms with Crippen molar-refractivity contribution in [1.29, 1.82) is 0 Å². The number of ether oxygens (including phenoxy) is 1. The van der Waals surface area contributed by atoms with Gasteiger partial charge < -0.3 is 14.7 Å². The average molecular weight is 229 g/mol. The number of unbranched alkanes of at least 4 members (excludes halogenated alkanes) is 1. The second-order valence-electron chi connectivity index (χ2n) is 4.70. The van der Waals surface area contributed by atoms with E-state index in [-0.39, 0.29) is 6.61 Å². The molecule has 1 atom stereocenters. The molecule has 1 heterocycles. The van der Waals surface area contributed by atoms with Gasteiger partial charge in [0.1, 0.15) is 0 Å². The third kappa shape index (κ3) is 5.83. The van der Waals surface area contributed by atoms with E-state index in [0.29, 0.717) is 6.10 Å². The molecule has 1 fully saturated rings. The fraction of sp³-hybridized carbons (Fsp3) is 1.00. The van der Waals surface area contributed by atoms with Crippen LogP contribution in [0.4, 0.5) is 0 Å². The topological polar surface area (TPSA) is 32.7 Å². The first-order valence-electron chi connectivity index (χ1n) is 6.81. The van der Waals surface area contributed by atoms with Gasteiger partial charge in [-0.1, -0.05) is 13.3 Å². The standard InChI is InChI=1S/C13H27NO2/c1-2-3-8-14(10-11-15)9-4-6-13-7-5-12-16-13/h13,15H,2-12H2,1H3. The molecule has 0 aliphatic carbocycles. The molecule has 0 radical (unpaired) electrons. The second kappa shape index (κ2) is 8.97. The summed E-state index contributed by atoms with van der Waals surface area (Å²) in [5.74, 6) is 0. The van der Waals surface area contributed by atoms with Crippen molar-refractivity contribution in [1.82, 2.24) is 4.90 Å². The minimum absolute atomic E-state index is 0.281. The Hall–Kier alpha value is -0.120. The van der Waals surface area contributed by atoms with Crippen LogP contribution in [0.15, 0.2) is 0 Å². The van der Waals surface area contributed by atoms with Crippen molar-refractivity contribution in [2.45, 2.75) is 51.6 Å². The Balaban J connectivity index is 2.05. The highest BCUT2D eigenvalue weighted by molar-refractivity contribution is 4.66. The number of hydrogen-bond acceptors (Lipinski definition) is 3. The third-order valence-electron chi connectivity index (χ3n) is 3.27. The van der Waals surface area contributed by atoms with Gasteiger partial charge in [-0.3, -0.25) is 0 Å². The van der Waals surface area contributed by atoms with Gasteiger partial charge >= 0.3 is 0 Å². The van der Waals surface area contributed by atoms with Crippen molar-refractivity contribution in [3.8, 4) is 0 Å². The van der Waals surface area contributed by atoms with Gasteiger partial charge in [-0.15, -0.1) is 0 Å². The predicted octanol–water partition coefficient (Wildman–Crippen LogP) is 2.04. The zero-order chi connectivity index (χ0) is 11.6.